The van der Waals surface area contributed by atoms with Crippen molar-refractivity contribution in [1.82, 2.24) is 0 Å². The number of methoxy groups -OCH3 is 1. The summed E-state index contributed by atoms with van der Waals surface area (Å²) in [7, 11) is 1.64. The fourth-order valence-electron chi connectivity index (χ4n) is 2.95. The second-order valence-corrected chi connectivity index (χ2v) is 5.47. The highest BCUT2D eigenvalue weighted by Crippen LogP contribution is 2.32. The van der Waals surface area contributed by atoms with Crippen LogP contribution in [0.15, 0.2) is 48.5 Å². The lowest BCUT2D eigenvalue weighted by Gasteiger charge is -2.22. The summed E-state index contributed by atoms with van der Waals surface area (Å²) in [5.41, 5.74) is 3.33. The van der Waals surface area contributed by atoms with Gasteiger partial charge in [-0.15, -0.1) is 0 Å². The van der Waals surface area contributed by atoms with E-state index in [1.807, 2.05) is 47.4 Å². The van der Waals surface area contributed by atoms with Crippen molar-refractivity contribution in [2.24, 2.45) is 0 Å². The van der Waals surface area contributed by atoms with Crippen molar-refractivity contribution in [3.8, 4) is 5.75 Å². The third-order valence-electron chi connectivity index (χ3n) is 3.99. The molecule has 1 aliphatic heterocycles. The highest BCUT2D eigenvalue weighted by molar-refractivity contribution is 5.97. The van der Waals surface area contributed by atoms with Crippen LogP contribution in [0.4, 0.5) is 5.69 Å². The molecule has 3 nitrogen and oxygen atoms in total. The maximum absolute atomic E-state index is 12.6. The zero-order chi connectivity index (χ0) is 14.8. The van der Waals surface area contributed by atoms with Gasteiger partial charge in [-0.25, -0.2) is 0 Å². The van der Waals surface area contributed by atoms with Crippen LogP contribution >= 0.6 is 0 Å². The predicted octanol–water partition coefficient (Wildman–Crippen LogP) is 3.22. The summed E-state index contributed by atoms with van der Waals surface area (Å²) in [4.78, 5) is 14.6. The lowest BCUT2D eigenvalue weighted by Crippen LogP contribution is -2.36. The van der Waals surface area contributed by atoms with Crippen LogP contribution < -0.4 is 9.64 Å². The fourth-order valence-corrected chi connectivity index (χ4v) is 2.95. The number of carbonyl (C=O) groups excluding carboxylic acids is 1. The first kappa shape index (κ1) is 13.7. The van der Waals surface area contributed by atoms with Crippen molar-refractivity contribution < 1.29 is 9.53 Å². The molecule has 1 atom stereocenters. The van der Waals surface area contributed by atoms with Crippen LogP contribution in [0.2, 0.25) is 0 Å². The second-order valence-electron chi connectivity index (χ2n) is 5.47. The Morgan fingerprint density at radius 3 is 2.62 bits per heavy atom. The number of amides is 1. The van der Waals surface area contributed by atoms with E-state index in [-0.39, 0.29) is 11.9 Å². The molecule has 0 aliphatic carbocycles. The summed E-state index contributed by atoms with van der Waals surface area (Å²) in [6.07, 6.45) is 1.35. The van der Waals surface area contributed by atoms with Crippen LogP contribution in [0.25, 0.3) is 0 Å². The normalized spacial score (nSPS) is 16.7. The van der Waals surface area contributed by atoms with Crippen molar-refractivity contribution >= 4 is 11.6 Å². The Morgan fingerprint density at radius 2 is 1.90 bits per heavy atom. The summed E-state index contributed by atoms with van der Waals surface area (Å²) in [6, 6.07) is 16.1. The summed E-state index contributed by atoms with van der Waals surface area (Å²) < 4.78 is 5.14. The molecule has 0 N–H and O–H groups in total. The van der Waals surface area contributed by atoms with Gasteiger partial charge >= 0.3 is 0 Å². The molecular formula is C18H19NO2. The van der Waals surface area contributed by atoms with Gasteiger partial charge in [-0.3, -0.25) is 4.79 Å². The second kappa shape index (κ2) is 5.60. The molecule has 21 heavy (non-hydrogen) atoms. The molecular weight excluding hydrogens is 262 g/mol. The highest BCUT2D eigenvalue weighted by Gasteiger charge is 2.30. The Bertz CT molecular complexity index is 649. The van der Waals surface area contributed by atoms with Gasteiger partial charge in [0.25, 0.3) is 0 Å². The molecule has 1 amide bonds. The highest BCUT2D eigenvalue weighted by atomic mass is 16.5. The SMILES string of the molecule is COc1ccc(CC(=O)N2c3ccccc3CC2C)cc1. The maximum Gasteiger partial charge on any atom is 0.231 e. The van der Waals surface area contributed by atoms with Crippen LogP contribution in [-0.2, 0) is 17.6 Å². The van der Waals surface area contributed by atoms with Gasteiger partial charge in [0, 0.05) is 11.7 Å². The summed E-state index contributed by atoms with van der Waals surface area (Å²) in [5, 5.41) is 0. The molecule has 0 aromatic heterocycles. The minimum Gasteiger partial charge on any atom is -0.497 e. The number of para-hydroxylation sites is 1. The maximum atomic E-state index is 12.6. The van der Waals surface area contributed by atoms with Crippen LogP contribution in [0.3, 0.4) is 0 Å². The molecule has 108 valence electrons. The zero-order valence-corrected chi connectivity index (χ0v) is 12.4. The molecule has 3 rings (SSSR count). The Morgan fingerprint density at radius 1 is 1.19 bits per heavy atom. The molecule has 1 unspecified atom stereocenters. The Hall–Kier alpha value is -2.29. The number of hydrogen-bond acceptors (Lipinski definition) is 2. The number of ether oxygens (including phenoxy) is 1. The van der Waals surface area contributed by atoms with E-state index in [0.717, 1.165) is 23.4 Å². The monoisotopic (exact) mass is 281 g/mol. The van der Waals surface area contributed by atoms with Gasteiger partial charge in [-0.1, -0.05) is 30.3 Å². The topological polar surface area (TPSA) is 29.5 Å². The van der Waals surface area contributed by atoms with Gasteiger partial charge < -0.3 is 9.64 Å². The Kier molecular flexibility index (Phi) is 3.65. The average molecular weight is 281 g/mol. The van der Waals surface area contributed by atoms with Gasteiger partial charge in [0.1, 0.15) is 5.75 Å². The smallest absolute Gasteiger partial charge is 0.231 e. The first-order valence-electron chi connectivity index (χ1n) is 7.22. The number of anilines is 1. The number of benzene rings is 2. The minimum atomic E-state index is 0.151. The van der Waals surface area contributed by atoms with E-state index >= 15 is 0 Å². The lowest BCUT2D eigenvalue weighted by atomic mass is 10.1. The largest absolute Gasteiger partial charge is 0.497 e. The quantitative estimate of drug-likeness (QED) is 0.864. The number of carbonyl (C=O) groups is 1. The number of hydrogen-bond donors (Lipinski definition) is 0. The molecule has 2 aromatic rings. The molecule has 0 saturated carbocycles. The van der Waals surface area contributed by atoms with Crippen LogP contribution in [-0.4, -0.2) is 19.1 Å². The predicted molar refractivity (Wildman–Crippen MR) is 83.8 cm³/mol. The summed E-state index contributed by atoms with van der Waals surface area (Å²) in [5.74, 6) is 0.962. The van der Waals surface area contributed by atoms with E-state index in [1.165, 1.54) is 5.56 Å². The average Bonchev–Trinajstić information content (AvgIpc) is 2.83. The van der Waals surface area contributed by atoms with E-state index in [4.69, 9.17) is 4.74 Å². The van der Waals surface area contributed by atoms with E-state index in [1.54, 1.807) is 7.11 Å². The molecule has 3 heteroatoms. The number of rotatable bonds is 3. The van der Waals surface area contributed by atoms with Crippen LogP contribution in [0.1, 0.15) is 18.1 Å². The number of fused-ring (bicyclic) bond motifs is 1. The first-order valence-corrected chi connectivity index (χ1v) is 7.22. The summed E-state index contributed by atoms with van der Waals surface area (Å²) in [6.45, 7) is 2.10. The minimum absolute atomic E-state index is 0.151. The van der Waals surface area contributed by atoms with Gasteiger partial charge in [0.15, 0.2) is 0 Å². The molecule has 0 saturated heterocycles. The van der Waals surface area contributed by atoms with Crippen molar-refractivity contribution in [3.63, 3.8) is 0 Å². The van der Waals surface area contributed by atoms with Crippen molar-refractivity contribution in [2.45, 2.75) is 25.8 Å². The van der Waals surface area contributed by atoms with E-state index in [0.29, 0.717) is 6.42 Å². The van der Waals surface area contributed by atoms with Crippen molar-refractivity contribution in [3.05, 3.63) is 59.7 Å². The van der Waals surface area contributed by atoms with Gasteiger partial charge in [-0.2, -0.15) is 0 Å². The molecule has 1 aliphatic rings. The van der Waals surface area contributed by atoms with Gasteiger partial charge in [0.2, 0.25) is 5.91 Å². The molecule has 2 aromatic carbocycles. The van der Waals surface area contributed by atoms with E-state index < -0.39 is 0 Å². The molecule has 1 heterocycles. The van der Waals surface area contributed by atoms with Gasteiger partial charge in [0.05, 0.1) is 13.5 Å². The van der Waals surface area contributed by atoms with Gasteiger partial charge in [-0.05, 0) is 42.7 Å². The standard InChI is InChI=1S/C18H19NO2/c1-13-11-15-5-3-4-6-17(15)19(13)18(20)12-14-7-9-16(21-2)10-8-14/h3-10,13H,11-12H2,1-2H3. The Balaban J connectivity index is 1.79. The third kappa shape index (κ3) is 2.64. The Labute approximate surface area is 125 Å². The third-order valence-corrected chi connectivity index (χ3v) is 3.99. The molecule has 0 spiro atoms. The summed E-state index contributed by atoms with van der Waals surface area (Å²) >= 11 is 0. The van der Waals surface area contributed by atoms with E-state index in [2.05, 4.69) is 13.0 Å². The van der Waals surface area contributed by atoms with Crippen molar-refractivity contribution in [1.29, 1.82) is 0 Å². The van der Waals surface area contributed by atoms with Crippen LogP contribution in [0.5, 0.6) is 5.75 Å². The van der Waals surface area contributed by atoms with E-state index in [9.17, 15) is 4.79 Å². The first-order chi connectivity index (χ1) is 10.2. The van der Waals surface area contributed by atoms with Crippen LogP contribution in [0, 0.1) is 0 Å². The lowest BCUT2D eigenvalue weighted by molar-refractivity contribution is -0.118. The molecule has 0 bridgehead atoms. The molecule has 0 radical (unpaired) electrons. The van der Waals surface area contributed by atoms with Crippen molar-refractivity contribution in [2.75, 3.05) is 12.0 Å². The molecule has 0 fully saturated rings. The fraction of sp³-hybridized carbons (Fsp3) is 0.278. The number of nitrogens with zero attached hydrogens (tertiary/aromatic N) is 1. The zero-order valence-electron chi connectivity index (χ0n) is 12.4.